The molecule has 3 rings (SSSR count). The Balaban J connectivity index is 2.25. The first-order valence-electron chi connectivity index (χ1n) is 5.68. The van der Waals surface area contributed by atoms with E-state index in [-0.39, 0.29) is 0 Å². The van der Waals surface area contributed by atoms with E-state index in [1.807, 2.05) is 0 Å². The maximum Gasteiger partial charge on any atom is 0.223 e. The average molecular weight is 233 g/mol. The predicted molar refractivity (Wildman–Crippen MR) is 65.9 cm³/mol. The molecule has 0 saturated heterocycles. The summed E-state index contributed by atoms with van der Waals surface area (Å²) in [6.07, 6.45) is 3.77. The fourth-order valence-electron chi connectivity index (χ4n) is 2.23. The van der Waals surface area contributed by atoms with Crippen molar-refractivity contribution in [2.45, 2.75) is 32.1 Å². The van der Waals surface area contributed by atoms with Crippen LogP contribution in [0.1, 0.15) is 36.4 Å². The summed E-state index contributed by atoms with van der Waals surface area (Å²) in [5, 5.41) is 1.54. The van der Waals surface area contributed by atoms with Gasteiger partial charge in [-0.3, -0.25) is 0 Å². The van der Waals surface area contributed by atoms with Crippen molar-refractivity contribution in [2.75, 3.05) is 0 Å². The van der Waals surface area contributed by atoms with Gasteiger partial charge in [0.15, 0.2) is 0 Å². The minimum absolute atomic E-state index is 0.375. The van der Waals surface area contributed by atoms with Crippen LogP contribution in [-0.2, 0) is 0 Å². The van der Waals surface area contributed by atoms with Gasteiger partial charge in [-0.2, -0.15) is 0 Å². The molecular weight excluding hydrogens is 220 g/mol. The molecule has 0 aliphatic heterocycles. The van der Waals surface area contributed by atoms with Crippen molar-refractivity contribution >= 4 is 22.5 Å². The Morgan fingerprint density at radius 3 is 2.75 bits per heavy atom. The lowest BCUT2D eigenvalue weighted by atomic mass is 9.81. The maximum absolute atomic E-state index is 5.98. The van der Waals surface area contributed by atoms with E-state index in [0.717, 1.165) is 11.2 Å². The zero-order valence-electron chi connectivity index (χ0n) is 9.20. The van der Waals surface area contributed by atoms with Crippen molar-refractivity contribution in [2.24, 2.45) is 0 Å². The van der Waals surface area contributed by atoms with Crippen molar-refractivity contribution < 1.29 is 0 Å². The van der Waals surface area contributed by atoms with Crippen molar-refractivity contribution in [1.29, 1.82) is 0 Å². The fourth-order valence-corrected chi connectivity index (χ4v) is 2.41. The van der Waals surface area contributed by atoms with Gasteiger partial charge in [-0.25, -0.2) is 9.97 Å². The monoisotopic (exact) mass is 232 g/mol. The number of hydrogen-bond donors (Lipinski definition) is 0. The summed E-state index contributed by atoms with van der Waals surface area (Å²) >= 11 is 5.98. The van der Waals surface area contributed by atoms with Gasteiger partial charge in [0, 0.05) is 11.3 Å². The number of nitrogens with zero attached hydrogens (tertiary/aromatic N) is 2. The van der Waals surface area contributed by atoms with Gasteiger partial charge in [0.25, 0.3) is 0 Å². The molecule has 0 spiro atoms. The van der Waals surface area contributed by atoms with Crippen LogP contribution in [0.4, 0.5) is 0 Å². The van der Waals surface area contributed by atoms with Crippen molar-refractivity contribution in [1.82, 2.24) is 9.97 Å². The highest BCUT2D eigenvalue weighted by atomic mass is 35.5. The molecule has 2 aromatic rings. The number of halogens is 1. The van der Waals surface area contributed by atoms with E-state index >= 15 is 0 Å². The molecule has 2 nitrogen and oxygen atoms in total. The number of aromatic nitrogens is 2. The molecule has 82 valence electrons. The quantitative estimate of drug-likeness (QED) is 0.698. The Bertz CT molecular complexity index is 542. The maximum atomic E-state index is 5.98. The molecule has 0 N–H and O–H groups in total. The number of benzene rings is 1. The van der Waals surface area contributed by atoms with Crippen LogP contribution in [0.25, 0.3) is 10.9 Å². The molecule has 0 bridgehead atoms. The van der Waals surface area contributed by atoms with E-state index in [1.165, 1.54) is 30.2 Å². The second kappa shape index (κ2) is 3.70. The normalized spacial score (nSPS) is 16.4. The highest BCUT2D eigenvalue weighted by molar-refractivity contribution is 6.28. The minimum Gasteiger partial charge on any atom is -0.222 e. The Morgan fingerprint density at radius 1 is 1.25 bits per heavy atom. The largest absolute Gasteiger partial charge is 0.223 e. The fraction of sp³-hybridized carbons (Fsp3) is 0.385. The summed E-state index contributed by atoms with van der Waals surface area (Å²) in [4.78, 5) is 8.70. The average Bonchev–Trinajstić information content (AvgIpc) is 2.13. The first kappa shape index (κ1) is 10.0. The van der Waals surface area contributed by atoms with Gasteiger partial charge in [-0.1, -0.05) is 18.6 Å². The van der Waals surface area contributed by atoms with Crippen LogP contribution in [-0.4, -0.2) is 9.97 Å². The molecule has 1 saturated carbocycles. The molecule has 1 aliphatic rings. The summed E-state index contributed by atoms with van der Waals surface area (Å²) in [6.45, 7) is 2.07. The molecule has 1 aliphatic carbocycles. The van der Waals surface area contributed by atoms with Crippen molar-refractivity contribution in [3.8, 4) is 0 Å². The molecule has 0 unspecified atom stereocenters. The summed E-state index contributed by atoms with van der Waals surface area (Å²) in [7, 11) is 0. The minimum atomic E-state index is 0.375. The third-order valence-electron chi connectivity index (χ3n) is 3.35. The Labute approximate surface area is 99.7 Å². The number of fused-ring (bicyclic) bond motifs is 1. The van der Waals surface area contributed by atoms with Crippen LogP contribution >= 0.6 is 11.6 Å². The Kier molecular flexibility index (Phi) is 2.32. The second-order valence-electron chi connectivity index (χ2n) is 4.53. The Morgan fingerprint density at radius 2 is 2.06 bits per heavy atom. The molecule has 0 amide bonds. The first-order chi connectivity index (χ1) is 7.74. The Hall–Kier alpha value is -1.15. The van der Waals surface area contributed by atoms with E-state index in [0.29, 0.717) is 11.2 Å². The van der Waals surface area contributed by atoms with Gasteiger partial charge in [0.2, 0.25) is 5.28 Å². The molecule has 1 aromatic heterocycles. The molecule has 1 heterocycles. The van der Waals surface area contributed by atoms with Gasteiger partial charge in [0.05, 0.1) is 11.2 Å². The summed E-state index contributed by atoms with van der Waals surface area (Å²) in [6, 6.07) is 6.31. The lowest BCUT2D eigenvalue weighted by Crippen LogP contribution is -2.11. The van der Waals surface area contributed by atoms with E-state index in [9.17, 15) is 0 Å². The van der Waals surface area contributed by atoms with E-state index in [4.69, 9.17) is 11.6 Å². The second-order valence-corrected chi connectivity index (χ2v) is 4.86. The predicted octanol–water partition coefficient (Wildman–Crippen LogP) is 3.86. The van der Waals surface area contributed by atoms with Gasteiger partial charge >= 0.3 is 0 Å². The van der Waals surface area contributed by atoms with Gasteiger partial charge in [0.1, 0.15) is 0 Å². The lowest BCUT2D eigenvalue weighted by Gasteiger charge is -2.25. The number of hydrogen-bond acceptors (Lipinski definition) is 2. The number of aryl methyl sites for hydroxylation is 1. The molecule has 1 aromatic carbocycles. The van der Waals surface area contributed by atoms with Crippen LogP contribution in [0.2, 0.25) is 5.28 Å². The topological polar surface area (TPSA) is 25.8 Å². The summed E-state index contributed by atoms with van der Waals surface area (Å²) < 4.78 is 0. The molecule has 0 atom stereocenters. The lowest BCUT2D eigenvalue weighted by molar-refractivity contribution is 0.413. The van der Waals surface area contributed by atoms with Gasteiger partial charge in [-0.05, 0) is 43.0 Å². The third kappa shape index (κ3) is 1.57. The van der Waals surface area contributed by atoms with Crippen molar-refractivity contribution in [3.63, 3.8) is 0 Å². The molecule has 1 fully saturated rings. The zero-order chi connectivity index (χ0) is 11.1. The van der Waals surface area contributed by atoms with Gasteiger partial charge < -0.3 is 0 Å². The number of rotatable bonds is 1. The third-order valence-corrected chi connectivity index (χ3v) is 3.52. The van der Waals surface area contributed by atoms with Crippen LogP contribution in [0.15, 0.2) is 18.2 Å². The molecular formula is C13H13ClN2. The van der Waals surface area contributed by atoms with Gasteiger partial charge in [-0.15, -0.1) is 0 Å². The van der Waals surface area contributed by atoms with E-state index < -0.39 is 0 Å². The zero-order valence-corrected chi connectivity index (χ0v) is 9.96. The highest BCUT2D eigenvalue weighted by Crippen LogP contribution is 2.38. The van der Waals surface area contributed by atoms with Crippen molar-refractivity contribution in [3.05, 3.63) is 34.7 Å². The summed E-state index contributed by atoms with van der Waals surface area (Å²) in [5.74, 6) is 0.589. The molecule has 16 heavy (non-hydrogen) atoms. The van der Waals surface area contributed by atoms with Crippen LogP contribution in [0, 0.1) is 6.92 Å². The first-order valence-corrected chi connectivity index (χ1v) is 6.05. The smallest absolute Gasteiger partial charge is 0.222 e. The SMILES string of the molecule is Cc1ccc2c(C3CCC3)nc(Cl)nc2c1. The summed E-state index contributed by atoms with van der Waals surface area (Å²) in [5.41, 5.74) is 3.32. The highest BCUT2D eigenvalue weighted by Gasteiger charge is 2.23. The molecule has 0 radical (unpaired) electrons. The van der Waals surface area contributed by atoms with Crippen LogP contribution in [0.3, 0.4) is 0 Å². The van der Waals surface area contributed by atoms with E-state index in [1.54, 1.807) is 0 Å². The van der Waals surface area contributed by atoms with Crippen LogP contribution in [0.5, 0.6) is 0 Å². The molecule has 3 heteroatoms. The standard InChI is InChI=1S/C13H13ClN2/c1-8-5-6-10-11(7-8)15-13(14)16-12(10)9-3-2-4-9/h5-7,9H,2-4H2,1H3. The van der Waals surface area contributed by atoms with E-state index in [2.05, 4.69) is 35.1 Å². The van der Waals surface area contributed by atoms with Crippen LogP contribution < -0.4 is 0 Å².